The van der Waals surface area contributed by atoms with Gasteiger partial charge in [-0.2, -0.15) is 0 Å². The summed E-state index contributed by atoms with van der Waals surface area (Å²) in [6.45, 7) is 1.71. The highest BCUT2D eigenvalue weighted by atomic mass is 16.5. The van der Waals surface area contributed by atoms with Crippen LogP contribution in [-0.2, 0) is 16.8 Å². The van der Waals surface area contributed by atoms with E-state index in [-0.39, 0.29) is 6.42 Å². The number of carboxylic acids is 1. The lowest BCUT2D eigenvalue weighted by Crippen LogP contribution is -2.26. The summed E-state index contributed by atoms with van der Waals surface area (Å²) in [4.78, 5) is 10.6. The van der Waals surface area contributed by atoms with Crippen molar-refractivity contribution in [3.05, 3.63) is 17.0 Å². The SMILES string of the molecule is Cc1noc2c1C(O)(CC(=O)O)CC2. The molecule has 1 aromatic rings. The van der Waals surface area contributed by atoms with Crippen LogP contribution >= 0.6 is 0 Å². The van der Waals surface area contributed by atoms with Crippen LogP contribution in [0.4, 0.5) is 0 Å². The van der Waals surface area contributed by atoms with Gasteiger partial charge >= 0.3 is 5.97 Å². The molecule has 5 heteroatoms. The molecular formula is C9H11NO4. The molecule has 1 unspecified atom stereocenters. The molecule has 2 N–H and O–H groups in total. The topological polar surface area (TPSA) is 83.6 Å². The molecule has 1 aromatic heterocycles. The van der Waals surface area contributed by atoms with Crippen LogP contribution < -0.4 is 0 Å². The zero-order valence-electron chi connectivity index (χ0n) is 7.78. The van der Waals surface area contributed by atoms with E-state index in [0.29, 0.717) is 29.9 Å². The summed E-state index contributed by atoms with van der Waals surface area (Å²) in [5, 5.41) is 22.5. The summed E-state index contributed by atoms with van der Waals surface area (Å²) in [5.41, 5.74) is -0.133. The first-order chi connectivity index (χ1) is 6.53. The third-order valence-electron chi connectivity index (χ3n) is 2.61. The first-order valence-corrected chi connectivity index (χ1v) is 4.43. The minimum atomic E-state index is -1.29. The fourth-order valence-electron chi connectivity index (χ4n) is 2.06. The molecule has 0 aliphatic heterocycles. The third kappa shape index (κ3) is 1.21. The fraction of sp³-hybridized carbons (Fsp3) is 0.556. The van der Waals surface area contributed by atoms with E-state index in [2.05, 4.69) is 5.16 Å². The Hall–Kier alpha value is -1.36. The Balaban J connectivity index is 2.40. The Kier molecular flexibility index (Phi) is 1.85. The second-order valence-electron chi connectivity index (χ2n) is 3.67. The van der Waals surface area contributed by atoms with Gasteiger partial charge in [0.05, 0.1) is 12.1 Å². The monoisotopic (exact) mass is 197 g/mol. The summed E-state index contributed by atoms with van der Waals surface area (Å²) in [5.74, 6) is -0.396. The molecule has 0 bridgehead atoms. The molecule has 0 amide bonds. The minimum absolute atomic E-state index is 0.290. The number of hydrogen-bond donors (Lipinski definition) is 2. The molecule has 2 rings (SSSR count). The van der Waals surface area contributed by atoms with Crippen molar-refractivity contribution in [3.8, 4) is 0 Å². The summed E-state index contributed by atoms with van der Waals surface area (Å²) in [7, 11) is 0. The highest BCUT2D eigenvalue weighted by Crippen LogP contribution is 2.41. The minimum Gasteiger partial charge on any atom is -0.481 e. The van der Waals surface area contributed by atoms with Gasteiger partial charge in [-0.05, 0) is 13.3 Å². The number of aromatic nitrogens is 1. The highest BCUT2D eigenvalue weighted by Gasteiger charge is 2.43. The van der Waals surface area contributed by atoms with Gasteiger partial charge in [0.2, 0.25) is 0 Å². The lowest BCUT2D eigenvalue weighted by atomic mass is 9.92. The van der Waals surface area contributed by atoms with Gasteiger partial charge < -0.3 is 14.7 Å². The van der Waals surface area contributed by atoms with Gasteiger partial charge in [-0.3, -0.25) is 4.79 Å². The van der Waals surface area contributed by atoms with Crippen molar-refractivity contribution in [3.63, 3.8) is 0 Å². The predicted molar refractivity (Wildman–Crippen MR) is 45.7 cm³/mol. The Bertz CT molecular complexity index is 384. The number of hydrogen-bond acceptors (Lipinski definition) is 4. The van der Waals surface area contributed by atoms with Crippen molar-refractivity contribution in [1.82, 2.24) is 5.16 Å². The van der Waals surface area contributed by atoms with E-state index in [1.165, 1.54) is 0 Å². The van der Waals surface area contributed by atoms with E-state index in [4.69, 9.17) is 9.63 Å². The smallest absolute Gasteiger partial charge is 0.306 e. The van der Waals surface area contributed by atoms with Crippen LogP contribution in [-0.4, -0.2) is 21.3 Å². The van der Waals surface area contributed by atoms with Crippen molar-refractivity contribution in [2.75, 3.05) is 0 Å². The Morgan fingerprint density at radius 1 is 1.71 bits per heavy atom. The second kappa shape index (κ2) is 2.81. The summed E-state index contributed by atoms with van der Waals surface area (Å²) in [6.07, 6.45) is 0.666. The third-order valence-corrected chi connectivity index (χ3v) is 2.61. The van der Waals surface area contributed by atoms with Crippen LogP contribution in [0.15, 0.2) is 4.52 Å². The van der Waals surface area contributed by atoms with Gasteiger partial charge in [-0.1, -0.05) is 5.16 Å². The molecule has 0 spiro atoms. The van der Waals surface area contributed by atoms with Crippen molar-refractivity contribution in [2.24, 2.45) is 0 Å². The number of aliphatic hydroxyl groups is 1. The first-order valence-electron chi connectivity index (χ1n) is 4.43. The molecule has 1 atom stereocenters. The van der Waals surface area contributed by atoms with Crippen LogP contribution in [0.1, 0.15) is 29.9 Å². The summed E-state index contributed by atoms with van der Waals surface area (Å²) in [6, 6.07) is 0. The fourth-order valence-corrected chi connectivity index (χ4v) is 2.06. The molecule has 0 aromatic carbocycles. The van der Waals surface area contributed by atoms with Gasteiger partial charge in [0.15, 0.2) is 0 Å². The number of aryl methyl sites for hydroxylation is 2. The molecule has 0 saturated carbocycles. The second-order valence-corrected chi connectivity index (χ2v) is 3.67. The van der Waals surface area contributed by atoms with Crippen molar-refractivity contribution >= 4 is 5.97 Å². The first kappa shape index (κ1) is 9.21. The number of nitrogens with zero attached hydrogens (tertiary/aromatic N) is 1. The van der Waals surface area contributed by atoms with Crippen LogP contribution in [0, 0.1) is 6.92 Å². The number of carbonyl (C=O) groups is 1. The van der Waals surface area contributed by atoms with Crippen LogP contribution in [0.5, 0.6) is 0 Å². The van der Waals surface area contributed by atoms with Gasteiger partial charge in [-0.15, -0.1) is 0 Å². The molecule has 1 aliphatic carbocycles. The number of carboxylic acid groups (broad SMARTS) is 1. The largest absolute Gasteiger partial charge is 0.481 e. The van der Waals surface area contributed by atoms with E-state index in [1.807, 2.05) is 0 Å². The zero-order valence-corrected chi connectivity index (χ0v) is 7.78. The average molecular weight is 197 g/mol. The molecule has 0 radical (unpaired) electrons. The zero-order chi connectivity index (χ0) is 10.3. The lowest BCUT2D eigenvalue weighted by molar-refractivity contribution is -0.142. The van der Waals surface area contributed by atoms with Crippen LogP contribution in [0.2, 0.25) is 0 Å². The van der Waals surface area contributed by atoms with Crippen molar-refractivity contribution in [2.45, 2.75) is 31.8 Å². The van der Waals surface area contributed by atoms with Crippen LogP contribution in [0.25, 0.3) is 0 Å². The summed E-state index contributed by atoms with van der Waals surface area (Å²) < 4.78 is 4.98. The predicted octanol–water partition coefficient (Wildman–Crippen LogP) is 0.592. The molecule has 0 saturated heterocycles. The van der Waals surface area contributed by atoms with Crippen LogP contribution in [0.3, 0.4) is 0 Å². The maximum Gasteiger partial charge on any atom is 0.306 e. The van der Waals surface area contributed by atoms with Gasteiger partial charge in [0.25, 0.3) is 0 Å². The quantitative estimate of drug-likeness (QED) is 0.725. The normalized spacial score (nSPS) is 25.0. The van der Waals surface area contributed by atoms with Crippen molar-refractivity contribution in [1.29, 1.82) is 0 Å². The molecule has 5 nitrogen and oxygen atoms in total. The Morgan fingerprint density at radius 3 is 3.07 bits per heavy atom. The molecule has 0 fully saturated rings. The van der Waals surface area contributed by atoms with Gasteiger partial charge in [0, 0.05) is 12.0 Å². The number of aliphatic carboxylic acids is 1. The van der Waals surface area contributed by atoms with Crippen molar-refractivity contribution < 1.29 is 19.5 Å². The van der Waals surface area contributed by atoms with Gasteiger partial charge in [0.1, 0.15) is 11.4 Å². The molecule has 14 heavy (non-hydrogen) atoms. The summed E-state index contributed by atoms with van der Waals surface area (Å²) >= 11 is 0. The maximum absolute atomic E-state index is 10.6. The van der Waals surface area contributed by atoms with E-state index in [9.17, 15) is 9.90 Å². The van der Waals surface area contributed by atoms with E-state index in [0.717, 1.165) is 0 Å². The lowest BCUT2D eigenvalue weighted by Gasteiger charge is -2.20. The Labute approximate surface area is 80.3 Å². The number of rotatable bonds is 2. The molecule has 76 valence electrons. The Morgan fingerprint density at radius 2 is 2.43 bits per heavy atom. The average Bonchev–Trinajstić information content (AvgIpc) is 2.55. The molecule has 1 heterocycles. The van der Waals surface area contributed by atoms with E-state index < -0.39 is 11.6 Å². The molecular weight excluding hydrogens is 186 g/mol. The molecule has 1 aliphatic rings. The maximum atomic E-state index is 10.6. The van der Waals surface area contributed by atoms with Gasteiger partial charge in [-0.25, -0.2) is 0 Å². The number of fused-ring (bicyclic) bond motifs is 1. The standard InChI is InChI=1S/C9H11NO4/c1-5-8-6(14-10-5)2-3-9(8,13)4-7(11)12/h13H,2-4H2,1H3,(H,11,12). The van der Waals surface area contributed by atoms with E-state index >= 15 is 0 Å². The highest BCUT2D eigenvalue weighted by molar-refractivity contribution is 5.69. The van der Waals surface area contributed by atoms with E-state index in [1.54, 1.807) is 6.92 Å².